The summed E-state index contributed by atoms with van der Waals surface area (Å²) in [5.41, 5.74) is 0. The minimum Gasteiger partial charge on any atom is -0.374 e. The second kappa shape index (κ2) is 6.41. The van der Waals surface area contributed by atoms with E-state index >= 15 is 0 Å². The molecule has 5 heteroatoms. The van der Waals surface area contributed by atoms with Crippen molar-refractivity contribution >= 4 is 33.0 Å². The van der Waals surface area contributed by atoms with Crippen LogP contribution in [0.4, 0.5) is 0 Å². The molecule has 20 heavy (non-hydrogen) atoms. The Morgan fingerprint density at radius 3 is 3.05 bits per heavy atom. The normalized spacial score (nSPS) is 19.9. The molecule has 1 aromatic carbocycles. The van der Waals surface area contributed by atoms with Crippen molar-refractivity contribution in [2.24, 2.45) is 0 Å². The van der Waals surface area contributed by atoms with Gasteiger partial charge in [-0.2, -0.15) is 0 Å². The van der Waals surface area contributed by atoms with Crippen LogP contribution in [0.2, 0.25) is 5.02 Å². The van der Waals surface area contributed by atoms with Crippen molar-refractivity contribution in [2.75, 3.05) is 33.3 Å². The topological polar surface area (TPSA) is 24.5 Å². The summed E-state index contributed by atoms with van der Waals surface area (Å²) < 4.78 is 7.00. The number of hydrogen-bond donors (Lipinski definition) is 1. The van der Waals surface area contributed by atoms with Crippen molar-refractivity contribution in [3.63, 3.8) is 0 Å². The smallest absolute Gasteiger partial charge is 0.0826 e. The van der Waals surface area contributed by atoms with Crippen LogP contribution in [0.25, 0.3) is 10.1 Å². The van der Waals surface area contributed by atoms with Gasteiger partial charge in [0.15, 0.2) is 0 Å². The number of thiophene rings is 1. The van der Waals surface area contributed by atoms with E-state index in [9.17, 15) is 0 Å². The van der Waals surface area contributed by atoms with Gasteiger partial charge in [-0.15, -0.1) is 11.3 Å². The third kappa shape index (κ3) is 3.15. The van der Waals surface area contributed by atoms with E-state index in [1.165, 1.54) is 9.58 Å². The number of hydrogen-bond acceptors (Lipinski definition) is 4. The number of nitrogens with one attached hydrogen (secondary N) is 1. The molecule has 1 unspecified atom stereocenters. The summed E-state index contributed by atoms with van der Waals surface area (Å²) in [4.78, 5) is 3.52. The lowest BCUT2D eigenvalue weighted by atomic mass is 10.2. The Balaban J connectivity index is 1.67. The lowest BCUT2D eigenvalue weighted by Gasteiger charge is -2.27. The summed E-state index contributed by atoms with van der Waals surface area (Å²) in [6.45, 7) is 4.50. The van der Waals surface area contributed by atoms with Gasteiger partial charge in [0.25, 0.3) is 0 Å². The third-order valence-electron chi connectivity index (χ3n) is 3.53. The van der Waals surface area contributed by atoms with Gasteiger partial charge in [0.2, 0.25) is 0 Å². The average Bonchev–Trinajstić information content (AvgIpc) is 2.77. The lowest BCUT2D eigenvalue weighted by molar-refractivity contribution is 0.00899. The molecular formula is C15H19ClN2OS. The number of likely N-dealkylation sites (N-methyl/N-ethyl adjacent to an activating group) is 1. The maximum atomic E-state index is 6.48. The highest BCUT2D eigenvalue weighted by atomic mass is 35.5. The molecule has 3 nitrogen and oxygen atoms in total. The van der Waals surface area contributed by atoms with Gasteiger partial charge in [0, 0.05) is 41.1 Å². The molecular weight excluding hydrogens is 292 g/mol. The van der Waals surface area contributed by atoms with Gasteiger partial charge in [-0.05, 0) is 13.1 Å². The molecule has 0 spiro atoms. The third-order valence-corrected chi connectivity index (χ3v) is 5.23. The van der Waals surface area contributed by atoms with Crippen LogP contribution in [0, 0.1) is 0 Å². The predicted molar refractivity (Wildman–Crippen MR) is 85.8 cm³/mol. The minimum atomic E-state index is 0.280. The molecule has 1 fully saturated rings. The van der Waals surface area contributed by atoms with E-state index < -0.39 is 0 Å². The molecule has 2 aromatic rings. The van der Waals surface area contributed by atoms with E-state index in [0.29, 0.717) is 0 Å². The van der Waals surface area contributed by atoms with Gasteiger partial charge in [-0.1, -0.05) is 29.8 Å². The van der Waals surface area contributed by atoms with E-state index in [4.69, 9.17) is 16.3 Å². The number of ether oxygens (including phenoxy) is 1. The average molecular weight is 311 g/mol. The van der Waals surface area contributed by atoms with Crippen LogP contribution in [0.1, 0.15) is 4.88 Å². The molecule has 0 saturated carbocycles. The first-order valence-electron chi connectivity index (χ1n) is 6.91. The molecule has 1 aliphatic rings. The molecule has 0 aliphatic carbocycles. The van der Waals surface area contributed by atoms with Gasteiger partial charge in [-0.3, -0.25) is 4.90 Å². The van der Waals surface area contributed by atoms with Gasteiger partial charge in [0.1, 0.15) is 0 Å². The second-order valence-electron chi connectivity index (χ2n) is 5.23. The van der Waals surface area contributed by atoms with Crippen molar-refractivity contribution in [2.45, 2.75) is 12.6 Å². The summed E-state index contributed by atoms with van der Waals surface area (Å²) in [5, 5.41) is 5.43. The number of fused-ring (bicyclic) bond motifs is 1. The Bertz CT molecular complexity index is 580. The number of morpholine rings is 1. The first-order chi connectivity index (χ1) is 9.74. The summed E-state index contributed by atoms with van der Waals surface area (Å²) in [6, 6.07) is 8.32. The summed E-state index contributed by atoms with van der Waals surface area (Å²) in [7, 11) is 2.12. The Morgan fingerprint density at radius 2 is 2.30 bits per heavy atom. The fraction of sp³-hybridized carbons (Fsp3) is 0.467. The van der Waals surface area contributed by atoms with Crippen molar-refractivity contribution in [1.82, 2.24) is 10.2 Å². The molecule has 0 amide bonds. The maximum Gasteiger partial charge on any atom is 0.0826 e. The Labute approximate surface area is 128 Å². The molecule has 3 rings (SSSR count). The SMILES string of the molecule is CN(Cc1sc2ccccc2c1Cl)CC1CNCCO1. The Morgan fingerprint density at radius 1 is 1.45 bits per heavy atom. The Kier molecular flexibility index (Phi) is 4.58. The van der Waals surface area contributed by atoms with E-state index in [0.717, 1.165) is 43.2 Å². The molecule has 1 atom stereocenters. The zero-order chi connectivity index (χ0) is 13.9. The van der Waals surface area contributed by atoms with Crippen LogP contribution in [0.5, 0.6) is 0 Å². The van der Waals surface area contributed by atoms with Gasteiger partial charge in [-0.25, -0.2) is 0 Å². The van der Waals surface area contributed by atoms with E-state index in [1.54, 1.807) is 11.3 Å². The van der Waals surface area contributed by atoms with Crippen molar-refractivity contribution in [1.29, 1.82) is 0 Å². The molecule has 0 radical (unpaired) electrons. The second-order valence-corrected chi connectivity index (χ2v) is 6.74. The van der Waals surface area contributed by atoms with Crippen LogP contribution < -0.4 is 5.32 Å². The molecule has 1 N–H and O–H groups in total. The van der Waals surface area contributed by atoms with E-state index in [-0.39, 0.29) is 6.10 Å². The number of nitrogens with zero attached hydrogens (tertiary/aromatic N) is 1. The van der Waals surface area contributed by atoms with E-state index in [1.807, 2.05) is 6.07 Å². The van der Waals surface area contributed by atoms with E-state index in [2.05, 4.69) is 35.5 Å². The van der Waals surface area contributed by atoms with Crippen LogP contribution in [0.15, 0.2) is 24.3 Å². The number of rotatable bonds is 4. The van der Waals surface area contributed by atoms with Gasteiger partial charge < -0.3 is 10.1 Å². The number of halogens is 1. The highest BCUT2D eigenvalue weighted by Crippen LogP contribution is 2.35. The molecule has 1 aromatic heterocycles. The van der Waals surface area contributed by atoms with Gasteiger partial charge >= 0.3 is 0 Å². The summed E-state index contributed by atoms with van der Waals surface area (Å²) >= 11 is 8.27. The summed E-state index contributed by atoms with van der Waals surface area (Å²) in [6.07, 6.45) is 0.280. The highest BCUT2D eigenvalue weighted by Gasteiger charge is 2.17. The lowest BCUT2D eigenvalue weighted by Crippen LogP contribution is -2.44. The van der Waals surface area contributed by atoms with Crippen molar-refractivity contribution < 1.29 is 4.74 Å². The van der Waals surface area contributed by atoms with Gasteiger partial charge in [0.05, 0.1) is 17.7 Å². The van der Waals surface area contributed by atoms with Crippen LogP contribution >= 0.6 is 22.9 Å². The molecule has 1 aliphatic heterocycles. The fourth-order valence-corrected chi connectivity index (χ4v) is 4.13. The number of benzene rings is 1. The summed E-state index contributed by atoms with van der Waals surface area (Å²) in [5.74, 6) is 0. The molecule has 2 heterocycles. The van der Waals surface area contributed by atoms with Crippen LogP contribution in [-0.4, -0.2) is 44.3 Å². The molecule has 0 bridgehead atoms. The molecule has 1 saturated heterocycles. The first-order valence-corrected chi connectivity index (χ1v) is 8.10. The Hall–Kier alpha value is -0.650. The molecule has 108 valence electrons. The van der Waals surface area contributed by atoms with Crippen molar-refractivity contribution in [3.05, 3.63) is 34.2 Å². The highest BCUT2D eigenvalue weighted by molar-refractivity contribution is 7.19. The largest absolute Gasteiger partial charge is 0.374 e. The zero-order valence-corrected chi connectivity index (χ0v) is 13.1. The fourth-order valence-electron chi connectivity index (χ4n) is 2.56. The minimum absolute atomic E-state index is 0.280. The van der Waals surface area contributed by atoms with Crippen LogP contribution in [0.3, 0.4) is 0 Å². The first kappa shape index (κ1) is 14.3. The zero-order valence-electron chi connectivity index (χ0n) is 11.6. The monoisotopic (exact) mass is 310 g/mol. The predicted octanol–water partition coefficient (Wildman–Crippen LogP) is 2.97. The maximum absolute atomic E-state index is 6.48. The standard InChI is InChI=1S/C15H19ClN2OS/c1-18(9-11-8-17-6-7-19-11)10-14-15(16)12-4-2-3-5-13(12)20-14/h2-5,11,17H,6-10H2,1H3. The van der Waals surface area contributed by atoms with Crippen LogP contribution in [-0.2, 0) is 11.3 Å². The quantitative estimate of drug-likeness (QED) is 0.939. The van der Waals surface area contributed by atoms with Crippen molar-refractivity contribution in [3.8, 4) is 0 Å².